The van der Waals surface area contributed by atoms with Crippen molar-refractivity contribution in [2.24, 2.45) is 0 Å². The summed E-state index contributed by atoms with van der Waals surface area (Å²) in [5.41, 5.74) is -0.345. The number of ether oxygens (including phenoxy) is 2. The van der Waals surface area contributed by atoms with Crippen LogP contribution in [0.25, 0.3) is 0 Å². The number of rotatable bonds is 7. The maximum atomic E-state index is 13.6. The minimum Gasteiger partial charge on any atom is -0.493 e. The van der Waals surface area contributed by atoms with Gasteiger partial charge in [0.1, 0.15) is 5.82 Å². The first-order chi connectivity index (χ1) is 15.4. The van der Waals surface area contributed by atoms with Crippen LogP contribution in [0.3, 0.4) is 0 Å². The maximum absolute atomic E-state index is 13.6. The number of para-hydroxylation sites is 1. The Bertz CT molecular complexity index is 1190. The summed E-state index contributed by atoms with van der Waals surface area (Å²) in [7, 11) is 2.95. The monoisotopic (exact) mass is 435 g/mol. The first kappa shape index (κ1) is 21.5. The van der Waals surface area contributed by atoms with Crippen molar-refractivity contribution in [3.05, 3.63) is 89.2 Å². The molecule has 1 atom stereocenters. The number of carbonyl (C=O) groups is 2. The molecule has 0 aliphatic carbocycles. The molecule has 0 unspecified atom stereocenters. The van der Waals surface area contributed by atoms with Gasteiger partial charge in [-0.3, -0.25) is 9.59 Å². The van der Waals surface area contributed by atoms with Gasteiger partial charge in [-0.2, -0.15) is 0 Å². The molecule has 0 saturated heterocycles. The molecule has 3 aromatic carbocycles. The molecule has 32 heavy (non-hydrogen) atoms. The van der Waals surface area contributed by atoms with Gasteiger partial charge in [-0.25, -0.2) is 4.39 Å². The Hall–Kier alpha value is -3.71. The van der Waals surface area contributed by atoms with Crippen LogP contribution in [-0.2, 0) is 16.9 Å². The van der Waals surface area contributed by atoms with Crippen molar-refractivity contribution < 1.29 is 28.6 Å². The Morgan fingerprint density at radius 3 is 2.47 bits per heavy atom. The number of benzene rings is 3. The number of fused-ring (bicyclic) bond motifs is 1. The lowest BCUT2D eigenvalue weighted by atomic mass is 9.88. The standard InChI is InChI=1S/C25H22FNO5/c1-31-22-11-10-17(13-23(22)32-2)21(28)14-25(30)19-8-3-4-9-20(19)27(24(25)29)15-16-6-5-7-18(26)12-16/h3-13,30H,14-15H2,1-2H3/t25-/m1/s1. The second-order valence-corrected chi connectivity index (χ2v) is 7.57. The van der Waals surface area contributed by atoms with Crippen molar-refractivity contribution in [3.63, 3.8) is 0 Å². The number of methoxy groups -OCH3 is 2. The average Bonchev–Trinajstić information content (AvgIpc) is 3.00. The van der Waals surface area contributed by atoms with Crippen LogP contribution in [0.1, 0.15) is 27.9 Å². The number of aliphatic hydroxyl groups is 1. The van der Waals surface area contributed by atoms with E-state index < -0.39 is 29.5 Å². The summed E-state index contributed by atoms with van der Waals surface area (Å²) < 4.78 is 24.1. The van der Waals surface area contributed by atoms with Crippen molar-refractivity contribution in [1.82, 2.24) is 0 Å². The summed E-state index contributed by atoms with van der Waals surface area (Å²) in [4.78, 5) is 27.8. The fourth-order valence-corrected chi connectivity index (χ4v) is 4.00. The third-order valence-corrected chi connectivity index (χ3v) is 5.59. The molecule has 3 aromatic rings. The number of hydrogen-bond acceptors (Lipinski definition) is 5. The van der Waals surface area contributed by atoms with E-state index in [1.807, 2.05) is 0 Å². The SMILES string of the molecule is COc1ccc(C(=O)C[C@]2(O)C(=O)N(Cc3cccc(F)c3)c3ccccc32)cc1OC. The zero-order chi connectivity index (χ0) is 22.9. The van der Waals surface area contributed by atoms with Gasteiger partial charge in [0.15, 0.2) is 22.9 Å². The highest BCUT2D eigenvalue weighted by atomic mass is 19.1. The number of nitrogens with zero attached hydrogens (tertiary/aromatic N) is 1. The largest absolute Gasteiger partial charge is 0.493 e. The molecule has 0 radical (unpaired) electrons. The van der Waals surface area contributed by atoms with E-state index in [-0.39, 0.29) is 12.1 Å². The van der Waals surface area contributed by atoms with Crippen molar-refractivity contribution in [3.8, 4) is 11.5 Å². The van der Waals surface area contributed by atoms with Gasteiger partial charge in [0, 0.05) is 11.1 Å². The Labute approximate surface area is 184 Å². The summed E-state index contributed by atoms with van der Waals surface area (Å²) in [5, 5.41) is 11.4. The highest BCUT2D eigenvalue weighted by Crippen LogP contribution is 2.43. The van der Waals surface area contributed by atoms with Crippen molar-refractivity contribution in [2.45, 2.75) is 18.6 Å². The highest BCUT2D eigenvalue weighted by Gasteiger charge is 2.50. The van der Waals surface area contributed by atoms with Gasteiger partial charge < -0.3 is 19.5 Å². The van der Waals surface area contributed by atoms with Crippen LogP contribution in [0.4, 0.5) is 10.1 Å². The Kier molecular flexibility index (Phi) is 5.67. The topological polar surface area (TPSA) is 76.1 Å². The molecule has 6 nitrogen and oxygen atoms in total. The average molecular weight is 435 g/mol. The number of anilines is 1. The zero-order valence-corrected chi connectivity index (χ0v) is 17.7. The molecule has 0 bridgehead atoms. The fraction of sp³-hybridized carbons (Fsp3) is 0.200. The first-order valence-electron chi connectivity index (χ1n) is 10.0. The summed E-state index contributed by atoms with van der Waals surface area (Å²) in [5.74, 6) is -0.634. The number of Topliss-reactive ketones (excluding diaryl/α,β-unsaturated/α-hetero) is 1. The Balaban J connectivity index is 1.66. The summed E-state index contributed by atoms with van der Waals surface area (Å²) >= 11 is 0. The smallest absolute Gasteiger partial charge is 0.264 e. The van der Waals surface area contributed by atoms with Crippen LogP contribution in [0, 0.1) is 5.82 Å². The molecular formula is C25H22FNO5. The van der Waals surface area contributed by atoms with Gasteiger partial charge in [-0.1, -0.05) is 30.3 Å². The summed E-state index contributed by atoms with van der Waals surface area (Å²) in [6, 6.07) is 17.3. The summed E-state index contributed by atoms with van der Waals surface area (Å²) in [6.45, 7) is 0.0699. The van der Waals surface area contributed by atoms with Crippen molar-refractivity contribution in [1.29, 1.82) is 0 Å². The van der Waals surface area contributed by atoms with E-state index in [9.17, 15) is 19.1 Å². The second kappa shape index (κ2) is 8.43. The van der Waals surface area contributed by atoms with Crippen LogP contribution in [0.5, 0.6) is 11.5 Å². The lowest BCUT2D eigenvalue weighted by Gasteiger charge is -2.23. The number of ketones is 1. The third-order valence-electron chi connectivity index (χ3n) is 5.59. The van der Waals surface area contributed by atoms with Gasteiger partial charge in [-0.05, 0) is 42.0 Å². The van der Waals surface area contributed by atoms with Gasteiger partial charge >= 0.3 is 0 Å². The van der Waals surface area contributed by atoms with Gasteiger partial charge in [-0.15, -0.1) is 0 Å². The molecule has 0 saturated carbocycles. The van der Waals surface area contributed by atoms with E-state index in [0.717, 1.165) is 0 Å². The summed E-state index contributed by atoms with van der Waals surface area (Å²) in [6.07, 6.45) is -0.446. The van der Waals surface area contributed by atoms with Crippen LogP contribution in [-0.4, -0.2) is 31.0 Å². The zero-order valence-electron chi connectivity index (χ0n) is 17.7. The van der Waals surface area contributed by atoms with Crippen LogP contribution >= 0.6 is 0 Å². The van der Waals surface area contributed by atoms with E-state index in [4.69, 9.17) is 9.47 Å². The minimum absolute atomic E-state index is 0.0699. The molecule has 1 aliphatic heterocycles. The number of amides is 1. The van der Waals surface area contributed by atoms with Crippen LogP contribution < -0.4 is 14.4 Å². The maximum Gasteiger partial charge on any atom is 0.264 e. The van der Waals surface area contributed by atoms with Crippen LogP contribution in [0.15, 0.2) is 66.7 Å². The number of halogens is 1. The van der Waals surface area contributed by atoms with Crippen LogP contribution in [0.2, 0.25) is 0 Å². The quantitative estimate of drug-likeness (QED) is 0.571. The second-order valence-electron chi connectivity index (χ2n) is 7.57. The lowest BCUT2D eigenvalue weighted by molar-refractivity contribution is -0.136. The molecule has 0 aromatic heterocycles. The molecule has 164 valence electrons. The van der Waals surface area contributed by atoms with E-state index in [1.165, 1.54) is 37.3 Å². The molecule has 0 fully saturated rings. The molecule has 1 N–H and O–H groups in total. The van der Waals surface area contributed by atoms with Gasteiger partial charge in [0.25, 0.3) is 5.91 Å². The van der Waals surface area contributed by atoms with Crippen molar-refractivity contribution in [2.75, 3.05) is 19.1 Å². The molecule has 0 spiro atoms. The molecule has 7 heteroatoms. The Morgan fingerprint density at radius 2 is 1.75 bits per heavy atom. The predicted octanol–water partition coefficient (Wildman–Crippen LogP) is 3.85. The predicted molar refractivity (Wildman–Crippen MR) is 116 cm³/mol. The first-order valence-corrected chi connectivity index (χ1v) is 10.0. The highest BCUT2D eigenvalue weighted by molar-refractivity contribution is 6.10. The molecule has 1 heterocycles. The van der Waals surface area contributed by atoms with E-state index in [0.29, 0.717) is 28.3 Å². The van der Waals surface area contributed by atoms with Gasteiger partial charge in [0.05, 0.1) is 32.9 Å². The molecule has 1 aliphatic rings. The molecule has 1 amide bonds. The van der Waals surface area contributed by atoms with Crippen molar-refractivity contribution >= 4 is 17.4 Å². The minimum atomic E-state index is -2.03. The van der Waals surface area contributed by atoms with Gasteiger partial charge in [0.2, 0.25) is 0 Å². The fourth-order valence-electron chi connectivity index (χ4n) is 4.00. The number of hydrogen-bond donors (Lipinski definition) is 1. The molecule has 4 rings (SSSR count). The van der Waals surface area contributed by atoms with E-state index in [2.05, 4.69) is 0 Å². The normalized spacial score (nSPS) is 17.2. The van der Waals surface area contributed by atoms with E-state index in [1.54, 1.807) is 48.5 Å². The lowest BCUT2D eigenvalue weighted by Crippen LogP contribution is -2.41. The van der Waals surface area contributed by atoms with E-state index >= 15 is 0 Å². The third kappa shape index (κ3) is 3.71. The Morgan fingerprint density at radius 1 is 1.00 bits per heavy atom. The molecular weight excluding hydrogens is 413 g/mol. The number of carbonyl (C=O) groups excluding carboxylic acids is 2.